The summed E-state index contributed by atoms with van der Waals surface area (Å²) in [5, 5.41) is 0. The fourth-order valence-corrected chi connectivity index (χ4v) is 2.72. The van der Waals surface area contributed by atoms with Crippen molar-refractivity contribution in [3.05, 3.63) is 58.6 Å². The average molecular weight is 348 g/mol. The van der Waals surface area contributed by atoms with Gasteiger partial charge in [-0.15, -0.1) is 0 Å². The van der Waals surface area contributed by atoms with E-state index < -0.39 is 21.7 Å². The Labute approximate surface area is 117 Å². The van der Waals surface area contributed by atoms with Crippen LogP contribution in [0.1, 0.15) is 0 Å². The predicted molar refractivity (Wildman–Crippen MR) is 71.3 cm³/mol. The minimum absolute atomic E-state index is 0.150. The molecule has 0 amide bonds. The van der Waals surface area contributed by atoms with Crippen LogP contribution in [-0.2, 0) is 10.0 Å². The summed E-state index contributed by atoms with van der Waals surface area (Å²) in [4.78, 5) is -0.281. The molecule has 0 radical (unpaired) electrons. The molecule has 0 bridgehead atoms. The number of halogens is 3. The van der Waals surface area contributed by atoms with Gasteiger partial charge in [-0.25, -0.2) is 17.2 Å². The van der Waals surface area contributed by atoms with Crippen LogP contribution < -0.4 is 4.72 Å². The third-order valence-electron chi connectivity index (χ3n) is 2.32. The Morgan fingerprint density at radius 3 is 2.32 bits per heavy atom. The number of anilines is 1. The lowest BCUT2D eigenvalue weighted by atomic mass is 10.3. The number of nitrogens with one attached hydrogen (secondary N) is 1. The van der Waals surface area contributed by atoms with Gasteiger partial charge in [0.2, 0.25) is 0 Å². The highest BCUT2D eigenvalue weighted by Gasteiger charge is 2.17. The number of hydrogen-bond acceptors (Lipinski definition) is 2. The lowest BCUT2D eigenvalue weighted by Gasteiger charge is -2.09. The fourth-order valence-electron chi connectivity index (χ4n) is 1.39. The molecule has 0 aromatic heterocycles. The molecular formula is C12H8BrF2NO2S. The van der Waals surface area contributed by atoms with Crippen LogP contribution in [0.15, 0.2) is 51.8 Å². The molecule has 0 aliphatic heterocycles. The molecule has 2 aromatic carbocycles. The van der Waals surface area contributed by atoms with Crippen LogP contribution in [-0.4, -0.2) is 8.42 Å². The summed E-state index contributed by atoms with van der Waals surface area (Å²) in [5.74, 6) is -1.42. The van der Waals surface area contributed by atoms with Gasteiger partial charge in [0, 0.05) is 0 Å². The lowest BCUT2D eigenvalue weighted by molar-refractivity contribution is 0.592. The maximum Gasteiger partial charge on any atom is 0.262 e. The average Bonchev–Trinajstić information content (AvgIpc) is 2.35. The number of benzene rings is 2. The monoisotopic (exact) mass is 347 g/mol. The number of rotatable bonds is 3. The van der Waals surface area contributed by atoms with E-state index in [1.54, 1.807) is 0 Å². The van der Waals surface area contributed by atoms with Gasteiger partial charge in [0.25, 0.3) is 10.0 Å². The molecule has 19 heavy (non-hydrogen) atoms. The van der Waals surface area contributed by atoms with Gasteiger partial charge in [-0.1, -0.05) is 12.1 Å². The molecule has 0 aliphatic rings. The molecule has 2 rings (SSSR count). The van der Waals surface area contributed by atoms with Crippen LogP contribution in [0.5, 0.6) is 0 Å². The molecule has 2 aromatic rings. The standard InChI is InChI=1S/C12H8BrF2NO2S/c13-9-6-5-8(7-11(9)15)19(17,18)16-12-4-2-1-3-10(12)14/h1-7,16H. The first-order valence-electron chi connectivity index (χ1n) is 5.12. The molecule has 0 heterocycles. The minimum Gasteiger partial charge on any atom is -0.277 e. The largest absolute Gasteiger partial charge is 0.277 e. The minimum atomic E-state index is -4.03. The molecule has 0 saturated heterocycles. The maximum absolute atomic E-state index is 13.4. The number of sulfonamides is 1. The van der Waals surface area contributed by atoms with E-state index in [9.17, 15) is 17.2 Å². The second-order valence-corrected chi connectivity index (χ2v) is 6.20. The van der Waals surface area contributed by atoms with Crippen LogP contribution in [0.3, 0.4) is 0 Å². The van der Waals surface area contributed by atoms with Crippen LogP contribution in [0.2, 0.25) is 0 Å². The zero-order valence-electron chi connectivity index (χ0n) is 9.40. The molecular weight excluding hydrogens is 340 g/mol. The van der Waals surface area contributed by atoms with E-state index in [0.29, 0.717) is 0 Å². The molecule has 0 aliphatic carbocycles. The van der Waals surface area contributed by atoms with Crippen LogP contribution in [0.25, 0.3) is 0 Å². The van der Waals surface area contributed by atoms with Gasteiger partial charge in [0.05, 0.1) is 15.1 Å². The summed E-state index contributed by atoms with van der Waals surface area (Å²) < 4.78 is 52.8. The van der Waals surface area contributed by atoms with Crippen molar-refractivity contribution in [1.29, 1.82) is 0 Å². The number of hydrogen-bond donors (Lipinski definition) is 1. The Kier molecular flexibility index (Phi) is 3.86. The quantitative estimate of drug-likeness (QED) is 0.923. The third-order valence-corrected chi connectivity index (χ3v) is 4.33. The Hall–Kier alpha value is -1.47. The molecule has 7 heteroatoms. The third kappa shape index (κ3) is 3.10. The zero-order valence-corrected chi connectivity index (χ0v) is 11.8. The topological polar surface area (TPSA) is 46.2 Å². The Morgan fingerprint density at radius 1 is 1.00 bits per heavy atom. The molecule has 0 unspecified atom stereocenters. The Balaban J connectivity index is 2.38. The van der Waals surface area contributed by atoms with E-state index in [0.717, 1.165) is 12.1 Å². The van der Waals surface area contributed by atoms with E-state index in [2.05, 4.69) is 20.7 Å². The van der Waals surface area contributed by atoms with Gasteiger partial charge in [-0.2, -0.15) is 0 Å². The smallest absolute Gasteiger partial charge is 0.262 e. The molecule has 0 atom stereocenters. The fraction of sp³-hybridized carbons (Fsp3) is 0. The summed E-state index contributed by atoms with van der Waals surface area (Å²) in [5.41, 5.74) is -0.189. The lowest BCUT2D eigenvalue weighted by Crippen LogP contribution is -2.14. The van der Waals surface area contributed by atoms with E-state index >= 15 is 0 Å². The SMILES string of the molecule is O=S(=O)(Nc1ccccc1F)c1ccc(Br)c(F)c1. The van der Waals surface area contributed by atoms with Crippen molar-refractivity contribution in [2.45, 2.75) is 4.90 Å². The second kappa shape index (κ2) is 5.26. The Morgan fingerprint density at radius 2 is 1.68 bits per heavy atom. The van der Waals surface area contributed by atoms with E-state index in [1.165, 1.54) is 30.3 Å². The van der Waals surface area contributed by atoms with Crippen molar-refractivity contribution in [3.8, 4) is 0 Å². The van der Waals surface area contributed by atoms with Gasteiger partial charge in [-0.3, -0.25) is 4.72 Å². The predicted octanol–water partition coefficient (Wildman–Crippen LogP) is 3.53. The highest BCUT2D eigenvalue weighted by Crippen LogP contribution is 2.22. The van der Waals surface area contributed by atoms with Gasteiger partial charge in [-0.05, 0) is 46.3 Å². The number of para-hydroxylation sites is 1. The van der Waals surface area contributed by atoms with Crippen molar-refractivity contribution < 1.29 is 17.2 Å². The Bertz CT molecular complexity index is 719. The van der Waals surface area contributed by atoms with Gasteiger partial charge in [0.1, 0.15) is 11.6 Å². The van der Waals surface area contributed by atoms with Gasteiger partial charge >= 0.3 is 0 Å². The summed E-state index contributed by atoms with van der Waals surface area (Å²) in [6, 6.07) is 8.67. The first-order valence-corrected chi connectivity index (χ1v) is 7.40. The highest BCUT2D eigenvalue weighted by molar-refractivity contribution is 9.10. The van der Waals surface area contributed by atoms with Gasteiger partial charge in [0.15, 0.2) is 0 Å². The van der Waals surface area contributed by atoms with Crippen LogP contribution in [0, 0.1) is 11.6 Å². The van der Waals surface area contributed by atoms with E-state index in [1.807, 2.05) is 0 Å². The van der Waals surface area contributed by atoms with Crippen molar-refractivity contribution >= 4 is 31.6 Å². The molecule has 0 spiro atoms. The summed E-state index contributed by atoms with van der Waals surface area (Å²) in [6.45, 7) is 0. The van der Waals surface area contributed by atoms with Gasteiger partial charge < -0.3 is 0 Å². The maximum atomic E-state index is 13.4. The van der Waals surface area contributed by atoms with E-state index in [4.69, 9.17) is 0 Å². The molecule has 0 fully saturated rings. The van der Waals surface area contributed by atoms with Crippen molar-refractivity contribution in [2.24, 2.45) is 0 Å². The highest BCUT2D eigenvalue weighted by atomic mass is 79.9. The van der Waals surface area contributed by atoms with E-state index in [-0.39, 0.29) is 15.1 Å². The first-order chi connectivity index (χ1) is 8.90. The zero-order chi connectivity index (χ0) is 14.0. The first kappa shape index (κ1) is 14.0. The summed E-state index contributed by atoms with van der Waals surface area (Å²) >= 11 is 2.92. The molecule has 3 nitrogen and oxygen atoms in total. The second-order valence-electron chi connectivity index (χ2n) is 3.66. The van der Waals surface area contributed by atoms with Crippen LogP contribution in [0.4, 0.5) is 14.5 Å². The van der Waals surface area contributed by atoms with Crippen molar-refractivity contribution in [1.82, 2.24) is 0 Å². The normalized spacial score (nSPS) is 11.3. The molecule has 0 saturated carbocycles. The van der Waals surface area contributed by atoms with Crippen LogP contribution >= 0.6 is 15.9 Å². The summed E-state index contributed by atoms with van der Waals surface area (Å²) in [6.07, 6.45) is 0. The van der Waals surface area contributed by atoms with Crippen molar-refractivity contribution in [2.75, 3.05) is 4.72 Å². The van der Waals surface area contributed by atoms with Crippen molar-refractivity contribution in [3.63, 3.8) is 0 Å². The summed E-state index contributed by atoms with van der Waals surface area (Å²) in [7, 11) is -4.03. The molecule has 1 N–H and O–H groups in total. The molecule has 100 valence electrons.